The molecule has 1 aliphatic heterocycles. The van der Waals surface area contributed by atoms with Crippen molar-refractivity contribution in [3.8, 4) is 17.0 Å². The lowest BCUT2D eigenvalue weighted by atomic mass is 10.1. The fourth-order valence-electron chi connectivity index (χ4n) is 2.37. The average Bonchev–Trinajstić information content (AvgIpc) is 2.92. The zero-order valence-corrected chi connectivity index (χ0v) is 12.6. The first kappa shape index (κ1) is 13.2. The maximum absolute atomic E-state index is 11.8. The van der Waals surface area contributed by atoms with E-state index < -0.39 is 0 Å². The standard InChI is InChI=1S/C14H14BrN3O2/c1-20-13-7-17-8(6-15)4-9(13)12-5-10-11(18-12)2-3-16-14(10)19/h4-5,7,18H,2-3,6H2,1H3,(H,16,19). The summed E-state index contributed by atoms with van der Waals surface area (Å²) in [4.78, 5) is 19.4. The van der Waals surface area contributed by atoms with Crippen molar-refractivity contribution in [1.82, 2.24) is 15.3 Å². The van der Waals surface area contributed by atoms with Gasteiger partial charge in [-0.1, -0.05) is 15.9 Å². The number of alkyl halides is 1. The van der Waals surface area contributed by atoms with Crippen LogP contribution < -0.4 is 10.1 Å². The maximum Gasteiger partial charge on any atom is 0.253 e. The second-order valence-electron chi connectivity index (χ2n) is 4.59. The van der Waals surface area contributed by atoms with Crippen molar-refractivity contribution >= 4 is 21.8 Å². The molecule has 20 heavy (non-hydrogen) atoms. The normalized spacial score (nSPS) is 13.8. The van der Waals surface area contributed by atoms with E-state index in [0.29, 0.717) is 23.2 Å². The zero-order valence-electron chi connectivity index (χ0n) is 11.0. The highest BCUT2D eigenvalue weighted by atomic mass is 79.9. The molecule has 104 valence electrons. The fraction of sp³-hybridized carbons (Fsp3) is 0.286. The lowest BCUT2D eigenvalue weighted by molar-refractivity contribution is 0.0946. The highest BCUT2D eigenvalue weighted by Gasteiger charge is 2.21. The zero-order chi connectivity index (χ0) is 14.1. The van der Waals surface area contributed by atoms with Crippen molar-refractivity contribution in [3.05, 3.63) is 35.3 Å². The van der Waals surface area contributed by atoms with Crippen molar-refractivity contribution in [2.75, 3.05) is 13.7 Å². The average molecular weight is 336 g/mol. The Hall–Kier alpha value is -1.82. The second kappa shape index (κ2) is 5.28. The summed E-state index contributed by atoms with van der Waals surface area (Å²) in [6.45, 7) is 0.673. The van der Waals surface area contributed by atoms with Crippen LogP contribution in [0.4, 0.5) is 0 Å². The number of aromatic nitrogens is 2. The number of halogens is 1. The van der Waals surface area contributed by atoms with E-state index in [1.54, 1.807) is 13.3 Å². The predicted octanol–water partition coefficient (Wildman–Crippen LogP) is 2.27. The molecule has 3 heterocycles. The number of carbonyl (C=O) groups is 1. The molecule has 0 saturated heterocycles. The number of ether oxygens (including phenoxy) is 1. The van der Waals surface area contributed by atoms with E-state index in [9.17, 15) is 4.79 Å². The Kier molecular flexibility index (Phi) is 3.48. The number of carbonyl (C=O) groups excluding carboxylic acids is 1. The molecule has 5 nitrogen and oxygen atoms in total. The molecule has 0 spiro atoms. The van der Waals surface area contributed by atoms with Gasteiger partial charge in [0.2, 0.25) is 0 Å². The van der Waals surface area contributed by atoms with Crippen molar-refractivity contribution in [2.45, 2.75) is 11.8 Å². The minimum atomic E-state index is -0.0255. The van der Waals surface area contributed by atoms with Gasteiger partial charge in [0.1, 0.15) is 5.75 Å². The number of hydrogen-bond acceptors (Lipinski definition) is 3. The van der Waals surface area contributed by atoms with Gasteiger partial charge in [0.15, 0.2) is 0 Å². The molecule has 0 fully saturated rings. The van der Waals surface area contributed by atoms with Crippen LogP contribution in [0.3, 0.4) is 0 Å². The molecular weight excluding hydrogens is 322 g/mol. The molecule has 6 heteroatoms. The van der Waals surface area contributed by atoms with Crippen molar-refractivity contribution < 1.29 is 9.53 Å². The molecule has 1 aliphatic rings. The summed E-state index contributed by atoms with van der Waals surface area (Å²) in [5.41, 5.74) is 4.40. The third kappa shape index (κ3) is 2.20. The number of hydrogen-bond donors (Lipinski definition) is 2. The molecule has 2 aromatic rings. The number of fused-ring (bicyclic) bond motifs is 1. The summed E-state index contributed by atoms with van der Waals surface area (Å²) in [6, 6.07) is 3.84. The van der Waals surface area contributed by atoms with Gasteiger partial charge in [0.05, 0.1) is 30.3 Å². The first-order valence-electron chi connectivity index (χ1n) is 6.32. The number of nitrogens with one attached hydrogen (secondary N) is 2. The monoisotopic (exact) mass is 335 g/mol. The van der Waals surface area contributed by atoms with Crippen molar-refractivity contribution in [3.63, 3.8) is 0 Å². The molecule has 0 unspecified atom stereocenters. The molecule has 2 N–H and O–H groups in total. The molecule has 0 atom stereocenters. The Morgan fingerprint density at radius 2 is 2.25 bits per heavy atom. The first-order valence-corrected chi connectivity index (χ1v) is 7.44. The Morgan fingerprint density at radius 3 is 2.95 bits per heavy atom. The van der Waals surface area contributed by atoms with Crippen LogP contribution in [0.2, 0.25) is 0 Å². The van der Waals surface area contributed by atoms with E-state index in [4.69, 9.17) is 4.74 Å². The van der Waals surface area contributed by atoms with Crippen LogP contribution in [0.15, 0.2) is 18.3 Å². The molecule has 0 saturated carbocycles. The molecule has 1 amide bonds. The Bertz CT molecular complexity index is 666. The quantitative estimate of drug-likeness (QED) is 0.845. The van der Waals surface area contributed by atoms with Gasteiger partial charge < -0.3 is 15.0 Å². The third-order valence-electron chi connectivity index (χ3n) is 3.38. The summed E-state index contributed by atoms with van der Waals surface area (Å²) < 4.78 is 5.36. The second-order valence-corrected chi connectivity index (χ2v) is 5.15. The van der Waals surface area contributed by atoms with Gasteiger partial charge in [0.25, 0.3) is 5.91 Å². The van der Waals surface area contributed by atoms with E-state index in [2.05, 4.69) is 31.2 Å². The van der Waals surface area contributed by atoms with Gasteiger partial charge in [0, 0.05) is 29.6 Å². The van der Waals surface area contributed by atoms with E-state index in [1.165, 1.54) is 0 Å². The van der Waals surface area contributed by atoms with Crippen LogP contribution in [0, 0.1) is 0 Å². The fourth-order valence-corrected chi connectivity index (χ4v) is 2.68. The topological polar surface area (TPSA) is 67.0 Å². The van der Waals surface area contributed by atoms with Crippen LogP contribution in [0.5, 0.6) is 5.75 Å². The summed E-state index contributed by atoms with van der Waals surface area (Å²) in [5, 5.41) is 3.52. The number of nitrogens with zero attached hydrogens (tertiary/aromatic N) is 1. The summed E-state index contributed by atoms with van der Waals surface area (Å²) in [7, 11) is 1.61. The summed E-state index contributed by atoms with van der Waals surface area (Å²) >= 11 is 3.40. The van der Waals surface area contributed by atoms with Gasteiger partial charge in [-0.3, -0.25) is 9.78 Å². The Labute approximate surface area is 124 Å². The van der Waals surface area contributed by atoms with Gasteiger partial charge in [-0.05, 0) is 12.1 Å². The van der Waals surface area contributed by atoms with E-state index in [0.717, 1.165) is 29.1 Å². The molecule has 0 radical (unpaired) electrons. The lowest BCUT2D eigenvalue weighted by Crippen LogP contribution is -2.31. The third-order valence-corrected chi connectivity index (χ3v) is 3.95. The molecule has 0 aromatic carbocycles. The number of aromatic amines is 1. The number of amides is 1. The molecule has 3 rings (SSSR count). The SMILES string of the molecule is COc1cnc(CBr)cc1-c1cc2c([nH]1)CCNC2=O. The van der Waals surface area contributed by atoms with E-state index in [-0.39, 0.29) is 5.91 Å². The van der Waals surface area contributed by atoms with E-state index >= 15 is 0 Å². The largest absolute Gasteiger partial charge is 0.494 e. The minimum absolute atomic E-state index is 0.0255. The highest BCUT2D eigenvalue weighted by molar-refractivity contribution is 9.08. The number of rotatable bonds is 3. The van der Waals surface area contributed by atoms with Crippen LogP contribution in [-0.4, -0.2) is 29.5 Å². The molecule has 2 aromatic heterocycles. The summed E-state index contributed by atoms with van der Waals surface area (Å²) in [5.74, 6) is 0.663. The van der Waals surface area contributed by atoms with E-state index in [1.807, 2.05) is 12.1 Å². The van der Waals surface area contributed by atoms with Crippen LogP contribution >= 0.6 is 15.9 Å². The Morgan fingerprint density at radius 1 is 1.40 bits per heavy atom. The number of pyridine rings is 1. The number of methoxy groups -OCH3 is 1. The first-order chi connectivity index (χ1) is 9.72. The van der Waals surface area contributed by atoms with Gasteiger partial charge in [-0.2, -0.15) is 0 Å². The van der Waals surface area contributed by atoms with Gasteiger partial charge >= 0.3 is 0 Å². The lowest BCUT2D eigenvalue weighted by Gasteiger charge is -2.11. The highest BCUT2D eigenvalue weighted by Crippen LogP contribution is 2.31. The minimum Gasteiger partial charge on any atom is -0.494 e. The molecule has 0 aliphatic carbocycles. The van der Waals surface area contributed by atoms with Crippen molar-refractivity contribution in [2.24, 2.45) is 0 Å². The van der Waals surface area contributed by atoms with Crippen LogP contribution in [0.25, 0.3) is 11.3 Å². The van der Waals surface area contributed by atoms with Crippen LogP contribution in [-0.2, 0) is 11.8 Å². The number of H-pyrrole nitrogens is 1. The Balaban J connectivity index is 2.11. The summed E-state index contributed by atoms with van der Waals surface area (Å²) in [6.07, 6.45) is 2.52. The van der Waals surface area contributed by atoms with Crippen LogP contribution in [0.1, 0.15) is 21.7 Å². The van der Waals surface area contributed by atoms with Gasteiger partial charge in [-0.25, -0.2) is 0 Å². The maximum atomic E-state index is 11.8. The van der Waals surface area contributed by atoms with Crippen molar-refractivity contribution in [1.29, 1.82) is 0 Å². The molecule has 0 bridgehead atoms. The predicted molar refractivity (Wildman–Crippen MR) is 79.2 cm³/mol. The smallest absolute Gasteiger partial charge is 0.253 e. The molecular formula is C14H14BrN3O2. The van der Waals surface area contributed by atoms with Gasteiger partial charge in [-0.15, -0.1) is 0 Å².